The SMILES string of the molecule is O=C(NC[C@H](CO)Cc1cccs1)c1cccnc1. The molecule has 2 rings (SSSR count). The summed E-state index contributed by atoms with van der Waals surface area (Å²) in [6.07, 6.45) is 3.94. The minimum Gasteiger partial charge on any atom is -0.396 e. The quantitative estimate of drug-likeness (QED) is 0.844. The molecule has 100 valence electrons. The van der Waals surface area contributed by atoms with E-state index in [0.29, 0.717) is 12.1 Å². The molecule has 0 radical (unpaired) electrons. The second kappa shape index (κ2) is 7.01. The highest BCUT2D eigenvalue weighted by Gasteiger charge is 2.12. The van der Waals surface area contributed by atoms with Gasteiger partial charge in [-0.05, 0) is 30.0 Å². The van der Waals surface area contributed by atoms with Gasteiger partial charge in [-0.3, -0.25) is 9.78 Å². The standard InChI is InChI=1S/C14H16N2O2S/c17-10-11(7-13-4-2-6-19-13)8-16-14(18)12-3-1-5-15-9-12/h1-6,9,11,17H,7-8,10H2,(H,16,18)/t11-/m1/s1. The molecule has 0 unspecified atom stereocenters. The van der Waals surface area contributed by atoms with Crippen LogP contribution in [0.25, 0.3) is 0 Å². The molecule has 2 N–H and O–H groups in total. The van der Waals surface area contributed by atoms with Crippen molar-refractivity contribution in [3.05, 3.63) is 52.5 Å². The predicted octanol–water partition coefficient (Wildman–Crippen LogP) is 1.72. The lowest BCUT2D eigenvalue weighted by Gasteiger charge is -2.14. The number of thiophene rings is 1. The van der Waals surface area contributed by atoms with Gasteiger partial charge in [0, 0.05) is 36.3 Å². The van der Waals surface area contributed by atoms with Gasteiger partial charge in [0.2, 0.25) is 0 Å². The highest BCUT2D eigenvalue weighted by atomic mass is 32.1. The van der Waals surface area contributed by atoms with Crippen LogP contribution in [-0.2, 0) is 6.42 Å². The molecule has 0 bridgehead atoms. The number of rotatable bonds is 6. The fourth-order valence-corrected chi connectivity index (χ4v) is 2.57. The summed E-state index contributed by atoms with van der Waals surface area (Å²) in [5.74, 6) is -0.114. The van der Waals surface area contributed by atoms with E-state index in [1.54, 1.807) is 29.7 Å². The molecule has 0 saturated carbocycles. The summed E-state index contributed by atoms with van der Waals surface area (Å²) in [5, 5.41) is 14.2. The van der Waals surface area contributed by atoms with Crippen LogP contribution in [0.2, 0.25) is 0 Å². The lowest BCUT2D eigenvalue weighted by Crippen LogP contribution is -2.31. The summed E-state index contributed by atoms with van der Waals surface area (Å²) in [6.45, 7) is 0.521. The fraction of sp³-hybridized carbons (Fsp3) is 0.286. The zero-order chi connectivity index (χ0) is 13.5. The van der Waals surface area contributed by atoms with E-state index in [2.05, 4.69) is 10.3 Å². The van der Waals surface area contributed by atoms with Crippen LogP contribution in [0.5, 0.6) is 0 Å². The molecule has 0 aliphatic rings. The molecular weight excluding hydrogens is 260 g/mol. The molecule has 19 heavy (non-hydrogen) atoms. The van der Waals surface area contributed by atoms with Crippen LogP contribution in [0.15, 0.2) is 42.0 Å². The summed E-state index contributed by atoms with van der Waals surface area (Å²) >= 11 is 1.66. The summed E-state index contributed by atoms with van der Waals surface area (Å²) in [7, 11) is 0. The maximum atomic E-state index is 11.8. The van der Waals surface area contributed by atoms with Crippen molar-refractivity contribution in [3.8, 4) is 0 Å². The summed E-state index contributed by atoms with van der Waals surface area (Å²) in [6, 6.07) is 7.47. The Hall–Kier alpha value is -1.72. The van der Waals surface area contributed by atoms with E-state index in [1.807, 2.05) is 17.5 Å². The monoisotopic (exact) mass is 276 g/mol. The molecule has 2 aromatic rings. The molecule has 4 nitrogen and oxygen atoms in total. The number of amides is 1. The van der Waals surface area contributed by atoms with Crippen molar-refractivity contribution in [2.45, 2.75) is 6.42 Å². The fourth-order valence-electron chi connectivity index (χ4n) is 1.75. The largest absolute Gasteiger partial charge is 0.396 e. The average Bonchev–Trinajstić information content (AvgIpc) is 2.97. The minimum absolute atomic E-state index is 0.0410. The molecule has 0 aliphatic carbocycles. The summed E-state index contributed by atoms with van der Waals surface area (Å²) in [4.78, 5) is 17.0. The van der Waals surface area contributed by atoms with E-state index >= 15 is 0 Å². The molecule has 0 fully saturated rings. The van der Waals surface area contributed by atoms with Gasteiger partial charge in [0.15, 0.2) is 0 Å². The third kappa shape index (κ3) is 4.15. The van der Waals surface area contributed by atoms with E-state index in [9.17, 15) is 9.90 Å². The Labute approximate surface area is 116 Å². The van der Waals surface area contributed by atoms with Crippen molar-refractivity contribution >= 4 is 17.2 Å². The second-order valence-electron chi connectivity index (χ2n) is 4.28. The van der Waals surface area contributed by atoms with Crippen LogP contribution in [-0.4, -0.2) is 29.1 Å². The first-order valence-electron chi connectivity index (χ1n) is 6.11. The first kappa shape index (κ1) is 13.7. The lowest BCUT2D eigenvalue weighted by atomic mass is 10.1. The molecule has 0 saturated heterocycles. The number of aliphatic hydroxyl groups excluding tert-OH is 1. The zero-order valence-electron chi connectivity index (χ0n) is 10.5. The van der Waals surface area contributed by atoms with Gasteiger partial charge in [-0.25, -0.2) is 0 Å². The molecule has 2 heterocycles. The maximum Gasteiger partial charge on any atom is 0.252 e. The third-order valence-corrected chi connectivity index (χ3v) is 3.70. The predicted molar refractivity (Wildman–Crippen MR) is 75.2 cm³/mol. The number of nitrogens with one attached hydrogen (secondary N) is 1. The molecule has 1 atom stereocenters. The number of aliphatic hydroxyl groups is 1. The van der Waals surface area contributed by atoms with E-state index in [-0.39, 0.29) is 18.4 Å². The van der Waals surface area contributed by atoms with Crippen LogP contribution >= 0.6 is 11.3 Å². The smallest absolute Gasteiger partial charge is 0.252 e. The maximum absolute atomic E-state index is 11.8. The van der Waals surface area contributed by atoms with Crippen molar-refractivity contribution in [2.24, 2.45) is 5.92 Å². The van der Waals surface area contributed by atoms with E-state index in [0.717, 1.165) is 6.42 Å². The van der Waals surface area contributed by atoms with Gasteiger partial charge < -0.3 is 10.4 Å². The van der Waals surface area contributed by atoms with Gasteiger partial charge in [-0.15, -0.1) is 11.3 Å². The second-order valence-corrected chi connectivity index (χ2v) is 5.32. The molecule has 0 aromatic carbocycles. The number of hydrogen-bond donors (Lipinski definition) is 2. The summed E-state index contributed by atoms with van der Waals surface area (Å²) < 4.78 is 0. The first-order chi connectivity index (χ1) is 9.29. The first-order valence-corrected chi connectivity index (χ1v) is 6.99. The van der Waals surface area contributed by atoms with Gasteiger partial charge in [0.1, 0.15) is 0 Å². The topological polar surface area (TPSA) is 62.2 Å². The Bertz CT molecular complexity index is 499. The number of carbonyl (C=O) groups is 1. The highest BCUT2D eigenvalue weighted by molar-refractivity contribution is 7.09. The van der Waals surface area contributed by atoms with Crippen LogP contribution in [0.3, 0.4) is 0 Å². The van der Waals surface area contributed by atoms with Crippen molar-refractivity contribution < 1.29 is 9.90 Å². The normalized spacial score (nSPS) is 12.1. The van der Waals surface area contributed by atoms with Crippen molar-refractivity contribution in [1.82, 2.24) is 10.3 Å². The van der Waals surface area contributed by atoms with Crippen LogP contribution < -0.4 is 5.32 Å². The van der Waals surface area contributed by atoms with Crippen molar-refractivity contribution in [3.63, 3.8) is 0 Å². The third-order valence-electron chi connectivity index (χ3n) is 2.80. The Morgan fingerprint density at radius 3 is 2.95 bits per heavy atom. The average molecular weight is 276 g/mol. The van der Waals surface area contributed by atoms with E-state index < -0.39 is 0 Å². The van der Waals surface area contributed by atoms with Crippen molar-refractivity contribution in [1.29, 1.82) is 0 Å². The molecular formula is C14H16N2O2S. The number of carbonyl (C=O) groups excluding carboxylic acids is 1. The Morgan fingerprint density at radius 2 is 2.32 bits per heavy atom. The van der Waals surface area contributed by atoms with Crippen molar-refractivity contribution in [2.75, 3.05) is 13.2 Å². The van der Waals surface area contributed by atoms with Crippen LogP contribution in [0.4, 0.5) is 0 Å². The van der Waals surface area contributed by atoms with Gasteiger partial charge in [0.25, 0.3) is 5.91 Å². The Kier molecular flexibility index (Phi) is 5.06. The zero-order valence-corrected chi connectivity index (χ0v) is 11.3. The molecule has 1 amide bonds. The molecule has 5 heteroatoms. The van der Waals surface area contributed by atoms with E-state index in [4.69, 9.17) is 0 Å². The molecule has 0 aliphatic heterocycles. The minimum atomic E-state index is -0.155. The molecule has 0 spiro atoms. The molecule has 2 aromatic heterocycles. The van der Waals surface area contributed by atoms with Crippen LogP contribution in [0.1, 0.15) is 15.2 Å². The van der Waals surface area contributed by atoms with Gasteiger partial charge in [0.05, 0.1) is 5.56 Å². The number of nitrogens with zero attached hydrogens (tertiary/aromatic N) is 1. The Morgan fingerprint density at radius 1 is 1.42 bits per heavy atom. The number of hydrogen-bond acceptors (Lipinski definition) is 4. The van der Waals surface area contributed by atoms with Gasteiger partial charge in [-0.1, -0.05) is 6.07 Å². The van der Waals surface area contributed by atoms with E-state index in [1.165, 1.54) is 11.1 Å². The Balaban J connectivity index is 1.84. The number of aromatic nitrogens is 1. The van der Waals surface area contributed by atoms with Gasteiger partial charge in [-0.2, -0.15) is 0 Å². The number of pyridine rings is 1. The lowest BCUT2D eigenvalue weighted by molar-refractivity contribution is 0.0939. The summed E-state index contributed by atoms with van der Waals surface area (Å²) in [5.41, 5.74) is 0.537. The van der Waals surface area contributed by atoms with Gasteiger partial charge >= 0.3 is 0 Å². The highest BCUT2D eigenvalue weighted by Crippen LogP contribution is 2.14. The van der Waals surface area contributed by atoms with Crippen LogP contribution in [0, 0.1) is 5.92 Å².